The number of rotatable bonds is 4. The minimum atomic E-state index is -0.0103. The lowest BCUT2D eigenvalue weighted by molar-refractivity contribution is -0.123. The standard InChI is InChI=1S/C12H20N4O/c1-9-3-5-13-11(9)12(17)14-6-4-10-7-15-16(2)8-10/h7-9,11,13H,3-6H2,1-2H3,(H,14,17). The Kier molecular flexibility index (Phi) is 3.78. The molecule has 0 bridgehead atoms. The molecular formula is C12H20N4O. The van der Waals surface area contributed by atoms with Gasteiger partial charge < -0.3 is 10.6 Å². The first kappa shape index (κ1) is 12.1. The van der Waals surface area contributed by atoms with E-state index in [4.69, 9.17) is 0 Å². The van der Waals surface area contributed by atoms with E-state index in [1.165, 1.54) is 0 Å². The number of nitrogens with one attached hydrogen (secondary N) is 2. The van der Waals surface area contributed by atoms with Crippen molar-refractivity contribution in [2.24, 2.45) is 13.0 Å². The van der Waals surface area contributed by atoms with Crippen LogP contribution in [0.4, 0.5) is 0 Å². The summed E-state index contributed by atoms with van der Waals surface area (Å²) in [5.74, 6) is 0.562. The smallest absolute Gasteiger partial charge is 0.237 e. The Labute approximate surface area is 102 Å². The van der Waals surface area contributed by atoms with Gasteiger partial charge in [0.25, 0.3) is 0 Å². The summed E-state index contributed by atoms with van der Waals surface area (Å²) < 4.78 is 1.78. The molecule has 5 heteroatoms. The first-order valence-electron chi connectivity index (χ1n) is 6.15. The molecule has 0 aromatic carbocycles. The zero-order chi connectivity index (χ0) is 12.3. The Morgan fingerprint density at radius 2 is 2.53 bits per heavy atom. The highest BCUT2D eigenvalue weighted by molar-refractivity contribution is 5.82. The van der Waals surface area contributed by atoms with E-state index in [0.717, 1.165) is 24.9 Å². The van der Waals surface area contributed by atoms with Gasteiger partial charge in [0.05, 0.1) is 12.2 Å². The molecule has 17 heavy (non-hydrogen) atoms. The third-order valence-corrected chi connectivity index (χ3v) is 3.29. The summed E-state index contributed by atoms with van der Waals surface area (Å²) >= 11 is 0. The molecule has 0 saturated carbocycles. The van der Waals surface area contributed by atoms with Crippen molar-refractivity contribution in [2.75, 3.05) is 13.1 Å². The van der Waals surface area contributed by atoms with Gasteiger partial charge in [0.1, 0.15) is 0 Å². The van der Waals surface area contributed by atoms with Crippen molar-refractivity contribution in [3.8, 4) is 0 Å². The molecular weight excluding hydrogens is 216 g/mol. The predicted molar refractivity (Wildman–Crippen MR) is 65.5 cm³/mol. The molecule has 1 aromatic heterocycles. The molecule has 1 aliphatic heterocycles. The molecule has 1 fully saturated rings. The summed E-state index contributed by atoms with van der Waals surface area (Å²) in [6, 6.07) is -0.0103. The maximum absolute atomic E-state index is 11.9. The van der Waals surface area contributed by atoms with E-state index in [0.29, 0.717) is 12.5 Å². The van der Waals surface area contributed by atoms with Gasteiger partial charge >= 0.3 is 0 Å². The van der Waals surface area contributed by atoms with Gasteiger partial charge in [-0.2, -0.15) is 5.10 Å². The molecule has 2 atom stereocenters. The number of carbonyl (C=O) groups excluding carboxylic acids is 1. The van der Waals surface area contributed by atoms with E-state index < -0.39 is 0 Å². The van der Waals surface area contributed by atoms with Gasteiger partial charge in [0, 0.05) is 19.8 Å². The Bertz CT molecular complexity index is 388. The fourth-order valence-electron chi connectivity index (χ4n) is 2.23. The van der Waals surface area contributed by atoms with Gasteiger partial charge in [-0.05, 0) is 30.9 Å². The first-order valence-corrected chi connectivity index (χ1v) is 6.15. The highest BCUT2D eigenvalue weighted by Gasteiger charge is 2.28. The van der Waals surface area contributed by atoms with Gasteiger partial charge in [0.15, 0.2) is 0 Å². The van der Waals surface area contributed by atoms with Crippen molar-refractivity contribution < 1.29 is 4.79 Å². The lowest BCUT2D eigenvalue weighted by Crippen LogP contribution is -2.43. The topological polar surface area (TPSA) is 59.0 Å². The summed E-state index contributed by atoms with van der Waals surface area (Å²) in [6.45, 7) is 3.74. The molecule has 2 unspecified atom stereocenters. The number of amides is 1. The van der Waals surface area contributed by atoms with E-state index in [1.807, 2.05) is 19.4 Å². The van der Waals surface area contributed by atoms with Gasteiger partial charge in [-0.3, -0.25) is 9.48 Å². The number of aryl methyl sites for hydroxylation is 1. The lowest BCUT2D eigenvalue weighted by atomic mass is 10.0. The molecule has 0 spiro atoms. The molecule has 2 N–H and O–H groups in total. The molecule has 1 saturated heterocycles. The predicted octanol–water partition coefficient (Wildman–Crippen LogP) is 0.0768. The van der Waals surface area contributed by atoms with Crippen LogP contribution in [-0.2, 0) is 18.3 Å². The Morgan fingerprint density at radius 3 is 3.12 bits per heavy atom. The number of aromatic nitrogens is 2. The second-order valence-corrected chi connectivity index (χ2v) is 4.76. The largest absolute Gasteiger partial charge is 0.354 e. The molecule has 2 heterocycles. The van der Waals surface area contributed by atoms with Gasteiger partial charge in [-0.1, -0.05) is 6.92 Å². The van der Waals surface area contributed by atoms with Crippen molar-refractivity contribution in [3.63, 3.8) is 0 Å². The maximum Gasteiger partial charge on any atom is 0.237 e. The van der Waals surface area contributed by atoms with Crippen LogP contribution < -0.4 is 10.6 Å². The molecule has 1 aliphatic rings. The summed E-state index contributed by atoms with van der Waals surface area (Å²) in [4.78, 5) is 11.9. The number of hydrogen-bond acceptors (Lipinski definition) is 3. The highest BCUT2D eigenvalue weighted by atomic mass is 16.2. The number of carbonyl (C=O) groups is 1. The molecule has 1 amide bonds. The zero-order valence-corrected chi connectivity index (χ0v) is 10.4. The van der Waals surface area contributed by atoms with Crippen LogP contribution in [0.25, 0.3) is 0 Å². The molecule has 0 aliphatic carbocycles. The van der Waals surface area contributed by atoms with E-state index in [2.05, 4.69) is 22.7 Å². The van der Waals surface area contributed by atoms with Crippen LogP contribution in [0.5, 0.6) is 0 Å². The average Bonchev–Trinajstić information content (AvgIpc) is 2.87. The van der Waals surface area contributed by atoms with Crippen molar-refractivity contribution in [1.29, 1.82) is 0 Å². The normalized spacial score (nSPS) is 23.9. The monoisotopic (exact) mass is 236 g/mol. The second-order valence-electron chi connectivity index (χ2n) is 4.76. The van der Waals surface area contributed by atoms with E-state index >= 15 is 0 Å². The summed E-state index contributed by atoms with van der Waals surface area (Å²) in [5.41, 5.74) is 1.15. The SMILES string of the molecule is CC1CCNC1C(=O)NCCc1cnn(C)c1. The van der Waals surface area contributed by atoms with Crippen LogP contribution in [0, 0.1) is 5.92 Å². The van der Waals surface area contributed by atoms with E-state index in [9.17, 15) is 4.79 Å². The zero-order valence-electron chi connectivity index (χ0n) is 10.4. The third-order valence-electron chi connectivity index (χ3n) is 3.29. The molecule has 5 nitrogen and oxygen atoms in total. The van der Waals surface area contributed by atoms with E-state index in [1.54, 1.807) is 4.68 Å². The minimum absolute atomic E-state index is 0.0103. The molecule has 2 rings (SSSR count). The average molecular weight is 236 g/mol. The van der Waals surface area contributed by atoms with Crippen molar-refractivity contribution in [1.82, 2.24) is 20.4 Å². The Hall–Kier alpha value is -1.36. The second kappa shape index (κ2) is 5.31. The maximum atomic E-state index is 11.9. The lowest BCUT2D eigenvalue weighted by Gasteiger charge is -2.15. The summed E-state index contributed by atoms with van der Waals surface area (Å²) in [5, 5.41) is 10.3. The minimum Gasteiger partial charge on any atom is -0.354 e. The van der Waals surface area contributed by atoms with Crippen LogP contribution in [0.3, 0.4) is 0 Å². The van der Waals surface area contributed by atoms with Crippen molar-refractivity contribution >= 4 is 5.91 Å². The fourth-order valence-corrected chi connectivity index (χ4v) is 2.23. The van der Waals surface area contributed by atoms with E-state index in [-0.39, 0.29) is 11.9 Å². The van der Waals surface area contributed by atoms with Gasteiger partial charge in [-0.25, -0.2) is 0 Å². The molecule has 1 aromatic rings. The highest BCUT2D eigenvalue weighted by Crippen LogP contribution is 2.14. The van der Waals surface area contributed by atoms with Crippen molar-refractivity contribution in [2.45, 2.75) is 25.8 Å². The Morgan fingerprint density at radius 1 is 1.71 bits per heavy atom. The van der Waals surface area contributed by atoms with Crippen molar-refractivity contribution in [3.05, 3.63) is 18.0 Å². The number of hydrogen-bond donors (Lipinski definition) is 2. The Balaban J connectivity index is 1.73. The molecule has 0 radical (unpaired) electrons. The fraction of sp³-hybridized carbons (Fsp3) is 0.667. The van der Waals surface area contributed by atoms with Crippen LogP contribution in [0.2, 0.25) is 0 Å². The van der Waals surface area contributed by atoms with Crippen LogP contribution in [0.15, 0.2) is 12.4 Å². The molecule has 94 valence electrons. The van der Waals surface area contributed by atoms with Crippen LogP contribution in [0.1, 0.15) is 18.9 Å². The number of nitrogens with zero attached hydrogens (tertiary/aromatic N) is 2. The van der Waals surface area contributed by atoms with Gasteiger partial charge in [0.2, 0.25) is 5.91 Å². The van der Waals surface area contributed by atoms with Crippen LogP contribution in [-0.4, -0.2) is 34.8 Å². The third kappa shape index (κ3) is 3.06. The first-order chi connectivity index (χ1) is 8.16. The summed E-state index contributed by atoms with van der Waals surface area (Å²) in [6.07, 6.45) is 5.73. The summed E-state index contributed by atoms with van der Waals surface area (Å²) in [7, 11) is 1.90. The quantitative estimate of drug-likeness (QED) is 0.778. The van der Waals surface area contributed by atoms with Crippen LogP contribution >= 0.6 is 0 Å². The van der Waals surface area contributed by atoms with Gasteiger partial charge in [-0.15, -0.1) is 0 Å².